The molecule has 0 fully saturated rings. The van der Waals surface area contributed by atoms with Crippen LogP contribution in [0, 0.1) is 0 Å². The molecule has 0 saturated heterocycles. The second-order valence-electron chi connectivity index (χ2n) is 2.41. The molecular formula is C9H13N3. The van der Waals surface area contributed by atoms with E-state index in [1.165, 1.54) is 0 Å². The molecule has 0 aliphatic heterocycles. The molecule has 0 radical (unpaired) electrons. The summed E-state index contributed by atoms with van der Waals surface area (Å²) in [7, 11) is 0. The van der Waals surface area contributed by atoms with Crippen molar-refractivity contribution in [2.24, 2.45) is 0 Å². The Morgan fingerprint density at radius 2 is 2.50 bits per heavy atom. The Hall–Kier alpha value is -1.38. The van der Waals surface area contributed by atoms with Crippen LogP contribution in [0.5, 0.6) is 0 Å². The van der Waals surface area contributed by atoms with Gasteiger partial charge in [0.25, 0.3) is 0 Å². The normalized spacial score (nSPS) is 11.7. The Morgan fingerprint density at radius 1 is 1.75 bits per heavy atom. The lowest BCUT2D eigenvalue weighted by atomic mass is 10.2. The third-order valence-electron chi connectivity index (χ3n) is 1.69. The van der Waals surface area contributed by atoms with Gasteiger partial charge in [-0.25, -0.2) is 0 Å². The quantitative estimate of drug-likeness (QED) is 0.637. The van der Waals surface area contributed by atoms with E-state index in [4.69, 9.17) is 0 Å². The molecule has 12 heavy (non-hydrogen) atoms. The van der Waals surface area contributed by atoms with Crippen molar-refractivity contribution in [1.82, 2.24) is 15.0 Å². The molecule has 0 aromatic carbocycles. The Balaban J connectivity index is 2.95. The molecule has 0 bridgehead atoms. The smallest absolute Gasteiger partial charge is 0.112 e. The molecule has 3 heteroatoms. The number of hydrogen-bond acceptors (Lipinski definition) is 2. The number of hydrogen-bond donors (Lipinski definition) is 0. The van der Waals surface area contributed by atoms with Crippen molar-refractivity contribution in [2.45, 2.75) is 20.4 Å². The van der Waals surface area contributed by atoms with Crippen molar-refractivity contribution >= 4 is 5.57 Å². The minimum absolute atomic E-state index is 0.848. The van der Waals surface area contributed by atoms with Crippen LogP contribution in [0.25, 0.3) is 5.57 Å². The number of nitrogens with zero attached hydrogens (tertiary/aromatic N) is 3. The fourth-order valence-electron chi connectivity index (χ4n) is 0.956. The van der Waals surface area contributed by atoms with E-state index in [2.05, 4.69) is 16.9 Å². The van der Waals surface area contributed by atoms with Crippen LogP contribution < -0.4 is 0 Å². The third kappa shape index (κ3) is 1.61. The van der Waals surface area contributed by atoms with Gasteiger partial charge in [-0.3, -0.25) is 4.68 Å². The van der Waals surface area contributed by atoms with Gasteiger partial charge in [0.2, 0.25) is 0 Å². The van der Waals surface area contributed by atoms with Crippen molar-refractivity contribution in [3.05, 3.63) is 30.6 Å². The van der Waals surface area contributed by atoms with Gasteiger partial charge in [-0.1, -0.05) is 23.9 Å². The van der Waals surface area contributed by atoms with Gasteiger partial charge in [-0.05, 0) is 19.4 Å². The zero-order chi connectivity index (χ0) is 8.97. The highest BCUT2D eigenvalue weighted by atomic mass is 15.4. The first-order valence-corrected chi connectivity index (χ1v) is 4.01. The largest absolute Gasteiger partial charge is 0.252 e. The summed E-state index contributed by atoms with van der Waals surface area (Å²) in [4.78, 5) is 0. The highest BCUT2D eigenvalue weighted by molar-refractivity contribution is 5.69. The van der Waals surface area contributed by atoms with E-state index in [1.54, 1.807) is 10.8 Å². The minimum Gasteiger partial charge on any atom is -0.252 e. The standard InChI is InChI=1S/C9H13N3/c1-4-8(5-2)9-7-12(6-3)11-10-9/h4-5,7H,1,6H2,2-3H3. The monoisotopic (exact) mass is 163 g/mol. The predicted molar refractivity (Wildman–Crippen MR) is 49.5 cm³/mol. The van der Waals surface area contributed by atoms with E-state index in [-0.39, 0.29) is 0 Å². The van der Waals surface area contributed by atoms with Gasteiger partial charge in [-0.2, -0.15) is 0 Å². The van der Waals surface area contributed by atoms with Crippen LogP contribution in [0.3, 0.4) is 0 Å². The summed E-state index contributed by atoms with van der Waals surface area (Å²) in [5, 5.41) is 7.93. The van der Waals surface area contributed by atoms with Crippen LogP contribution in [0.1, 0.15) is 19.5 Å². The summed E-state index contributed by atoms with van der Waals surface area (Å²) < 4.78 is 1.79. The summed E-state index contributed by atoms with van der Waals surface area (Å²) in [5.74, 6) is 0. The number of aromatic nitrogens is 3. The first kappa shape index (κ1) is 8.71. The highest BCUT2D eigenvalue weighted by Gasteiger charge is 2.00. The van der Waals surface area contributed by atoms with E-state index >= 15 is 0 Å². The van der Waals surface area contributed by atoms with Gasteiger partial charge in [-0.15, -0.1) is 5.10 Å². The molecule has 0 aliphatic rings. The van der Waals surface area contributed by atoms with E-state index < -0.39 is 0 Å². The predicted octanol–water partition coefficient (Wildman–Crippen LogP) is 1.89. The van der Waals surface area contributed by atoms with Gasteiger partial charge in [0, 0.05) is 6.54 Å². The lowest BCUT2D eigenvalue weighted by Gasteiger charge is -1.91. The van der Waals surface area contributed by atoms with Crippen LogP contribution >= 0.6 is 0 Å². The molecule has 0 aliphatic carbocycles. The molecule has 0 spiro atoms. The summed E-state index contributed by atoms with van der Waals surface area (Å²) in [6.07, 6.45) is 5.66. The van der Waals surface area contributed by atoms with E-state index in [0.717, 1.165) is 17.8 Å². The Kier molecular flexibility index (Phi) is 2.80. The lowest BCUT2D eigenvalue weighted by molar-refractivity contribution is 0.626. The fourth-order valence-corrected chi connectivity index (χ4v) is 0.956. The molecule has 1 rings (SSSR count). The van der Waals surface area contributed by atoms with Crippen molar-refractivity contribution in [1.29, 1.82) is 0 Å². The first-order valence-electron chi connectivity index (χ1n) is 4.01. The minimum atomic E-state index is 0.848. The zero-order valence-electron chi connectivity index (χ0n) is 7.49. The summed E-state index contributed by atoms with van der Waals surface area (Å²) in [6.45, 7) is 8.54. The average molecular weight is 163 g/mol. The molecule has 0 saturated carbocycles. The van der Waals surface area contributed by atoms with E-state index in [0.29, 0.717) is 0 Å². The maximum Gasteiger partial charge on any atom is 0.112 e. The van der Waals surface area contributed by atoms with Crippen LogP contribution in [0.15, 0.2) is 24.9 Å². The van der Waals surface area contributed by atoms with Crippen molar-refractivity contribution in [2.75, 3.05) is 0 Å². The van der Waals surface area contributed by atoms with E-state index in [9.17, 15) is 0 Å². The van der Waals surface area contributed by atoms with E-state index in [1.807, 2.05) is 26.1 Å². The molecular weight excluding hydrogens is 150 g/mol. The van der Waals surface area contributed by atoms with Gasteiger partial charge < -0.3 is 0 Å². The fraction of sp³-hybridized carbons (Fsp3) is 0.333. The average Bonchev–Trinajstić information content (AvgIpc) is 2.55. The summed E-state index contributed by atoms with van der Waals surface area (Å²) >= 11 is 0. The SMILES string of the molecule is C=CC(=CC)c1cn(CC)nn1. The van der Waals surface area contributed by atoms with Gasteiger partial charge >= 0.3 is 0 Å². The molecule has 3 nitrogen and oxygen atoms in total. The summed E-state index contributed by atoms with van der Waals surface area (Å²) in [6, 6.07) is 0. The Morgan fingerprint density at radius 3 is 2.92 bits per heavy atom. The lowest BCUT2D eigenvalue weighted by Crippen LogP contribution is -1.93. The zero-order valence-corrected chi connectivity index (χ0v) is 7.49. The van der Waals surface area contributed by atoms with Crippen molar-refractivity contribution < 1.29 is 0 Å². The molecule has 1 aromatic heterocycles. The third-order valence-corrected chi connectivity index (χ3v) is 1.69. The van der Waals surface area contributed by atoms with Crippen molar-refractivity contribution in [3.8, 4) is 0 Å². The molecule has 0 amide bonds. The van der Waals surface area contributed by atoms with Crippen LogP contribution in [-0.4, -0.2) is 15.0 Å². The molecule has 0 N–H and O–H groups in total. The Labute approximate surface area is 72.4 Å². The molecule has 64 valence electrons. The van der Waals surface area contributed by atoms with Crippen LogP contribution in [0.4, 0.5) is 0 Å². The maximum atomic E-state index is 4.00. The van der Waals surface area contributed by atoms with Gasteiger partial charge in [0.05, 0.1) is 6.20 Å². The molecule has 1 aromatic rings. The first-order chi connectivity index (χ1) is 5.81. The topological polar surface area (TPSA) is 30.7 Å². The van der Waals surface area contributed by atoms with Gasteiger partial charge in [0.1, 0.15) is 5.69 Å². The number of rotatable bonds is 3. The molecule has 1 heterocycles. The highest BCUT2D eigenvalue weighted by Crippen LogP contribution is 2.10. The van der Waals surface area contributed by atoms with Crippen molar-refractivity contribution in [3.63, 3.8) is 0 Å². The second kappa shape index (κ2) is 3.85. The number of aryl methyl sites for hydroxylation is 1. The van der Waals surface area contributed by atoms with Crippen LogP contribution in [0.2, 0.25) is 0 Å². The second-order valence-corrected chi connectivity index (χ2v) is 2.41. The van der Waals surface area contributed by atoms with Gasteiger partial charge in [0.15, 0.2) is 0 Å². The number of allylic oxidation sites excluding steroid dienone is 3. The summed E-state index contributed by atoms with van der Waals surface area (Å²) in [5.41, 5.74) is 1.91. The van der Waals surface area contributed by atoms with Crippen LogP contribution in [-0.2, 0) is 6.54 Å². The molecule has 0 unspecified atom stereocenters. The Bertz CT molecular complexity index is 296. The maximum absolute atomic E-state index is 4.00. The molecule has 0 atom stereocenters.